The third-order valence-electron chi connectivity index (χ3n) is 1.83. The lowest BCUT2D eigenvalue weighted by molar-refractivity contribution is 0.351. The van der Waals surface area contributed by atoms with Crippen molar-refractivity contribution >= 4 is 8.81 Å². The number of hydrogen-bond donors (Lipinski definition) is 0. The fraction of sp³-hybridized carbons (Fsp3) is 1.00. The number of rotatable bonds is 9. The number of hydrogen-bond acceptors (Lipinski definition) is 1. The van der Waals surface area contributed by atoms with E-state index in [1.54, 1.807) is 0 Å². The minimum absolute atomic E-state index is 0.753. The van der Waals surface area contributed by atoms with Crippen LogP contribution in [0.2, 0.25) is 0 Å². The van der Waals surface area contributed by atoms with Gasteiger partial charge in [0.25, 0.3) is 0 Å². The lowest BCUT2D eigenvalue weighted by Crippen LogP contribution is -1.85. The first kappa shape index (κ1) is 12.4. The molecule has 1 nitrogen and oxygen atoms in total. The van der Waals surface area contributed by atoms with Crippen molar-refractivity contribution in [1.82, 2.24) is 0 Å². The Morgan fingerprint density at radius 1 is 0.917 bits per heavy atom. The molecular formula is C10H23OP. The highest BCUT2D eigenvalue weighted by atomic mass is 31.1. The van der Waals surface area contributed by atoms with Crippen molar-refractivity contribution in [3.8, 4) is 0 Å². The summed E-state index contributed by atoms with van der Waals surface area (Å²) in [5.74, 6) is 0. The van der Waals surface area contributed by atoms with Gasteiger partial charge in [0.05, 0.1) is 6.61 Å². The smallest absolute Gasteiger partial charge is 0.0505 e. The molecule has 1 atom stereocenters. The molecule has 0 aromatic rings. The van der Waals surface area contributed by atoms with E-state index in [2.05, 4.69) is 13.8 Å². The van der Waals surface area contributed by atoms with E-state index in [1.807, 2.05) is 0 Å². The zero-order chi connectivity index (χ0) is 9.07. The maximum Gasteiger partial charge on any atom is 0.0505 e. The van der Waals surface area contributed by atoms with Crippen molar-refractivity contribution in [3.63, 3.8) is 0 Å². The molecular weight excluding hydrogens is 167 g/mol. The molecule has 0 aliphatic carbocycles. The summed E-state index contributed by atoms with van der Waals surface area (Å²) in [6, 6.07) is 0. The molecule has 0 N–H and O–H groups in total. The highest BCUT2D eigenvalue weighted by Crippen LogP contribution is 2.15. The van der Waals surface area contributed by atoms with Gasteiger partial charge in [-0.1, -0.05) is 39.5 Å². The maximum atomic E-state index is 5.48. The van der Waals surface area contributed by atoms with Gasteiger partial charge in [-0.3, -0.25) is 0 Å². The predicted molar refractivity (Wildman–Crippen MR) is 58.2 cm³/mol. The molecule has 0 saturated carbocycles. The Bertz CT molecular complexity index is 66.2. The summed E-state index contributed by atoms with van der Waals surface area (Å²) in [6.07, 6.45) is 9.23. The van der Waals surface area contributed by atoms with Crippen molar-refractivity contribution < 1.29 is 4.52 Å². The van der Waals surface area contributed by atoms with Gasteiger partial charge in [-0.05, 0) is 19.0 Å². The first-order valence-electron chi connectivity index (χ1n) is 5.26. The zero-order valence-corrected chi connectivity index (χ0v) is 9.57. The van der Waals surface area contributed by atoms with E-state index in [-0.39, 0.29) is 0 Å². The van der Waals surface area contributed by atoms with Crippen molar-refractivity contribution in [3.05, 3.63) is 0 Å². The Hall–Kier alpha value is 0.390. The Labute approximate surface area is 79.1 Å². The van der Waals surface area contributed by atoms with Crippen LogP contribution in [-0.4, -0.2) is 12.8 Å². The van der Waals surface area contributed by atoms with Crippen molar-refractivity contribution in [2.75, 3.05) is 12.8 Å². The lowest BCUT2D eigenvalue weighted by atomic mass is 10.2. The minimum atomic E-state index is 0.753. The van der Waals surface area contributed by atoms with E-state index in [0.29, 0.717) is 0 Å². The van der Waals surface area contributed by atoms with Crippen LogP contribution in [0.1, 0.15) is 52.4 Å². The molecule has 0 rings (SSSR count). The van der Waals surface area contributed by atoms with Gasteiger partial charge in [-0.25, -0.2) is 0 Å². The maximum absolute atomic E-state index is 5.48. The van der Waals surface area contributed by atoms with E-state index in [0.717, 1.165) is 15.4 Å². The molecule has 0 fully saturated rings. The monoisotopic (exact) mass is 190 g/mol. The van der Waals surface area contributed by atoms with Gasteiger partial charge >= 0.3 is 0 Å². The van der Waals surface area contributed by atoms with Gasteiger partial charge in [0, 0.05) is 8.81 Å². The second-order valence-corrected chi connectivity index (χ2v) is 4.23. The summed E-state index contributed by atoms with van der Waals surface area (Å²) in [7, 11) is 0.753. The summed E-state index contributed by atoms with van der Waals surface area (Å²) in [4.78, 5) is 0. The first-order valence-corrected chi connectivity index (χ1v) is 6.38. The second kappa shape index (κ2) is 11.4. The minimum Gasteiger partial charge on any atom is -0.362 e. The molecule has 0 amide bonds. The van der Waals surface area contributed by atoms with Gasteiger partial charge in [-0.15, -0.1) is 0 Å². The van der Waals surface area contributed by atoms with Crippen molar-refractivity contribution in [2.45, 2.75) is 52.4 Å². The molecule has 0 aliphatic heterocycles. The normalized spacial score (nSPS) is 11.5. The molecule has 0 aliphatic rings. The quantitative estimate of drug-likeness (QED) is 0.395. The summed E-state index contributed by atoms with van der Waals surface area (Å²) in [5.41, 5.74) is 0. The van der Waals surface area contributed by atoms with Gasteiger partial charge in [0.2, 0.25) is 0 Å². The van der Waals surface area contributed by atoms with Crippen molar-refractivity contribution in [1.29, 1.82) is 0 Å². The van der Waals surface area contributed by atoms with Crippen LogP contribution >= 0.6 is 8.81 Å². The summed E-state index contributed by atoms with van der Waals surface area (Å²) in [5, 5.41) is 0. The molecule has 0 heterocycles. The third kappa shape index (κ3) is 10.4. The second-order valence-electron chi connectivity index (χ2n) is 3.16. The molecule has 0 bridgehead atoms. The fourth-order valence-corrected chi connectivity index (χ4v) is 1.81. The largest absolute Gasteiger partial charge is 0.362 e. The van der Waals surface area contributed by atoms with Crippen LogP contribution in [0.4, 0.5) is 0 Å². The molecule has 74 valence electrons. The van der Waals surface area contributed by atoms with Gasteiger partial charge in [-0.2, -0.15) is 0 Å². The van der Waals surface area contributed by atoms with Gasteiger partial charge in [0.15, 0.2) is 0 Å². The van der Waals surface area contributed by atoms with Crippen LogP contribution in [0.5, 0.6) is 0 Å². The molecule has 0 spiro atoms. The number of unbranched alkanes of at least 4 members (excludes halogenated alkanes) is 4. The van der Waals surface area contributed by atoms with Crippen LogP contribution in [-0.2, 0) is 4.52 Å². The molecule has 0 saturated heterocycles. The molecule has 0 aromatic heterocycles. The Morgan fingerprint density at radius 2 is 1.67 bits per heavy atom. The molecule has 0 aromatic carbocycles. The SMILES string of the molecule is CCCCCCPOCCCC. The van der Waals surface area contributed by atoms with Crippen LogP contribution in [0.25, 0.3) is 0 Å². The molecule has 2 heteroatoms. The standard InChI is InChI=1S/C10H23OP/c1-3-5-7-8-10-12-11-9-6-4-2/h12H,3-10H2,1-2H3. The van der Waals surface area contributed by atoms with E-state index in [1.165, 1.54) is 44.7 Å². The van der Waals surface area contributed by atoms with Gasteiger partial charge in [0.1, 0.15) is 0 Å². The summed E-state index contributed by atoms with van der Waals surface area (Å²) < 4.78 is 5.48. The molecule has 0 radical (unpaired) electrons. The fourth-order valence-electron chi connectivity index (χ4n) is 0.985. The van der Waals surface area contributed by atoms with Crippen LogP contribution < -0.4 is 0 Å². The van der Waals surface area contributed by atoms with Gasteiger partial charge < -0.3 is 4.52 Å². The lowest BCUT2D eigenvalue weighted by Gasteiger charge is -2.02. The Balaban J connectivity index is 2.73. The van der Waals surface area contributed by atoms with Crippen molar-refractivity contribution in [2.24, 2.45) is 0 Å². The topological polar surface area (TPSA) is 9.23 Å². The predicted octanol–water partition coefficient (Wildman–Crippen LogP) is 3.98. The van der Waals surface area contributed by atoms with E-state index in [9.17, 15) is 0 Å². The zero-order valence-electron chi connectivity index (χ0n) is 8.57. The third-order valence-corrected chi connectivity index (χ3v) is 2.80. The van der Waals surface area contributed by atoms with Crippen LogP contribution in [0, 0.1) is 0 Å². The highest BCUT2D eigenvalue weighted by molar-refractivity contribution is 7.32. The first-order chi connectivity index (χ1) is 5.91. The van der Waals surface area contributed by atoms with Crippen LogP contribution in [0.15, 0.2) is 0 Å². The average Bonchev–Trinajstić information content (AvgIpc) is 2.10. The molecule has 12 heavy (non-hydrogen) atoms. The Kier molecular flexibility index (Phi) is 11.8. The highest BCUT2D eigenvalue weighted by Gasteiger charge is 1.89. The Morgan fingerprint density at radius 3 is 2.33 bits per heavy atom. The summed E-state index contributed by atoms with van der Waals surface area (Å²) in [6.45, 7) is 5.43. The summed E-state index contributed by atoms with van der Waals surface area (Å²) >= 11 is 0. The average molecular weight is 190 g/mol. The molecule has 1 unspecified atom stereocenters. The van der Waals surface area contributed by atoms with Crippen LogP contribution in [0.3, 0.4) is 0 Å². The van der Waals surface area contributed by atoms with E-state index in [4.69, 9.17) is 4.52 Å². The van der Waals surface area contributed by atoms with E-state index >= 15 is 0 Å². The van der Waals surface area contributed by atoms with E-state index < -0.39 is 0 Å².